The second-order valence-electron chi connectivity index (χ2n) is 2.98. The molecule has 3 saturated heterocycles. The van der Waals surface area contributed by atoms with E-state index < -0.39 is 6.09 Å². The summed E-state index contributed by atoms with van der Waals surface area (Å²) < 4.78 is 0. The molecule has 2 unspecified atom stereocenters. The normalized spacial score (nSPS) is 37.0. The van der Waals surface area contributed by atoms with Gasteiger partial charge in [-0.25, -0.2) is 4.79 Å². The Kier molecular flexibility index (Phi) is 1.11. The van der Waals surface area contributed by atoms with Crippen molar-refractivity contribution in [3.05, 3.63) is 0 Å². The van der Waals surface area contributed by atoms with E-state index in [9.17, 15) is 4.79 Å². The van der Waals surface area contributed by atoms with E-state index in [1.54, 1.807) is 0 Å². The first-order valence-corrected chi connectivity index (χ1v) is 3.49. The minimum absolute atomic E-state index is 0.440. The summed E-state index contributed by atoms with van der Waals surface area (Å²) in [4.78, 5) is 11.9. The molecule has 56 valence electrons. The van der Waals surface area contributed by atoms with Crippen LogP contribution < -0.4 is 5.32 Å². The highest BCUT2D eigenvalue weighted by molar-refractivity contribution is 5.65. The second kappa shape index (κ2) is 1.85. The van der Waals surface area contributed by atoms with Crippen molar-refractivity contribution in [2.45, 2.75) is 18.5 Å². The molecule has 3 aliphatic rings. The smallest absolute Gasteiger partial charge is 0.407 e. The number of amides is 1. The fraction of sp³-hybridized carbons (Fsp3) is 0.833. The van der Waals surface area contributed by atoms with Gasteiger partial charge in [-0.2, -0.15) is 0 Å². The van der Waals surface area contributed by atoms with Crippen LogP contribution in [0.1, 0.15) is 6.42 Å². The molecule has 4 nitrogen and oxygen atoms in total. The van der Waals surface area contributed by atoms with Crippen LogP contribution in [0.2, 0.25) is 0 Å². The molecule has 0 spiro atoms. The summed E-state index contributed by atoms with van der Waals surface area (Å²) in [6.45, 7) is 1.34. The molecule has 3 rings (SSSR count). The number of nitrogens with zero attached hydrogens (tertiary/aromatic N) is 1. The van der Waals surface area contributed by atoms with Crippen molar-refractivity contribution < 1.29 is 9.90 Å². The Hall–Kier alpha value is -0.770. The van der Waals surface area contributed by atoms with Gasteiger partial charge in [0.15, 0.2) is 0 Å². The van der Waals surface area contributed by atoms with Gasteiger partial charge in [-0.1, -0.05) is 0 Å². The Labute approximate surface area is 58.8 Å². The van der Waals surface area contributed by atoms with Crippen LogP contribution in [-0.4, -0.2) is 41.3 Å². The lowest BCUT2D eigenvalue weighted by Gasteiger charge is -2.47. The van der Waals surface area contributed by atoms with Gasteiger partial charge in [-0.05, 0) is 6.42 Å². The first kappa shape index (κ1) is 5.97. The summed E-state index contributed by atoms with van der Waals surface area (Å²) in [7, 11) is 0. The Morgan fingerprint density at radius 3 is 2.30 bits per heavy atom. The predicted molar refractivity (Wildman–Crippen MR) is 34.9 cm³/mol. The maximum absolute atomic E-state index is 10.4. The molecule has 0 aliphatic carbocycles. The van der Waals surface area contributed by atoms with Gasteiger partial charge in [-0.15, -0.1) is 0 Å². The van der Waals surface area contributed by atoms with E-state index in [1.165, 1.54) is 4.90 Å². The number of hydrogen-bond acceptors (Lipinski definition) is 2. The largest absolute Gasteiger partial charge is 0.465 e. The van der Waals surface area contributed by atoms with Gasteiger partial charge < -0.3 is 15.3 Å². The molecule has 1 amide bonds. The Morgan fingerprint density at radius 1 is 1.50 bits per heavy atom. The number of carbonyl (C=O) groups is 1. The van der Waals surface area contributed by atoms with Gasteiger partial charge in [0.1, 0.15) is 0 Å². The standard InChI is InChI=1S/C6H10N2O2/c9-6(10)8-2-4-1-5(3-8)7-4/h4-5,7H,1-3H2,(H,9,10). The molecular weight excluding hydrogens is 132 g/mol. The second-order valence-corrected chi connectivity index (χ2v) is 2.98. The third-order valence-electron chi connectivity index (χ3n) is 2.19. The molecule has 10 heavy (non-hydrogen) atoms. The number of carboxylic acid groups (broad SMARTS) is 1. The van der Waals surface area contributed by atoms with Crippen molar-refractivity contribution in [1.82, 2.24) is 10.2 Å². The van der Waals surface area contributed by atoms with Crippen molar-refractivity contribution in [3.63, 3.8) is 0 Å². The zero-order valence-corrected chi connectivity index (χ0v) is 5.58. The number of hydrogen-bond donors (Lipinski definition) is 2. The quantitative estimate of drug-likeness (QED) is 0.488. The first-order chi connectivity index (χ1) is 4.75. The lowest BCUT2D eigenvalue weighted by Crippen LogP contribution is -2.67. The van der Waals surface area contributed by atoms with Crippen LogP contribution in [-0.2, 0) is 0 Å². The molecular formula is C6H10N2O2. The Bertz CT molecular complexity index is 155. The van der Waals surface area contributed by atoms with Crippen LogP contribution in [0.3, 0.4) is 0 Å². The number of piperidine rings is 1. The third-order valence-corrected chi connectivity index (χ3v) is 2.19. The molecule has 3 heterocycles. The van der Waals surface area contributed by atoms with Crippen LogP contribution in [0.4, 0.5) is 4.79 Å². The fourth-order valence-corrected chi connectivity index (χ4v) is 1.67. The van der Waals surface area contributed by atoms with Crippen molar-refractivity contribution in [1.29, 1.82) is 0 Å². The zero-order chi connectivity index (χ0) is 7.14. The monoisotopic (exact) mass is 142 g/mol. The van der Waals surface area contributed by atoms with Crippen molar-refractivity contribution in [2.24, 2.45) is 0 Å². The van der Waals surface area contributed by atoms with Crippen molar-refractivity contribution in [2.75, 3.05) is 13.1 Å². The van der Waals surface area contributed by atoms with Crippen LogP contribution in [0, 0.1) is 0 Å². The minimum Gasteiger partial charge on any atom is -0.465 e. The maximum Gasteiger partial charge on any atom is 0.407 e. The van der Waals surface area contributed by atoms with Gasteiger partial charge in [0, 0.05) is 25.2 Å². The zero-order valence-electron chi connectivity index (χ0n) is 5.58. The molecule has 0 aromatic carbocycles. The van der Waals surface area contributed by atoms with Gasteiger partial charge in [-0.3, -0.25) is 0 Å². The summed E-state index contributed by atoms with van der Waals surface area (Å²) in [5.41, 5.74) is 0. The predicted octanol–water partition coefficient (Wildman–Crippen LogP) is -0.289. The average Bonchev–Trinajstić information content (AvgIpc) is 1.86. The number of piperazine rings is 1. The lowest BCUT2D eigenvalue weighted by molar-refractivity contribution is 0.0702. The Morgan fingerprint density at radius 2 is 2.00 bits per heavy atom. The molecule has 0 aromatic heterocycles. The molecule has 0 aromatic rings. The van der Waals surface area contributed by atoms with Gasteiger partial charge in [0.2, 0.25) is 0 Å². The average molecular weight is 142 g/mol. The van der Waals surface area contributed by atoms with Crippen molar-refractivity contribution in [3.8, 4) is 0 Å². The molecule has 2 bridgehead atoms. The van der Waals surface area contributed by atoms with E-state index in [-0.39, 0.29) is 0 Å². The summed E-state index contributed by atoms with van der Waals surface area (Å²) in [6.07, 6.45) is 0.375. The molecule has 4 heteroatoms. The van der Waals surface area contributed by atoms with E-state index in [1.807, 2.05) is 0 Å². The van der Waals surface area contributed by atoms with E-state index >= 15 is 0 Å². The highest BCUT2D eigenvalue weighted by Gasteiger charge is 2.38. The Balaban J connectivity index is 1.97. The molecule has 3 fully saturated rings. The molecule has 3 aliphatic heterocycles. The highest BCUT2D eigenvalue weighted by atomic mass is 16.4. The van der Waals surface area contributed by atoms with Crippen LogP contribution in [0.15, 0.2) is 0 Å². The molecule has 2 N–H and O–H groups in total. The molecule has 0 saturated carbocycles. The van der Waals surface area contributed by atoms with E-state index in [4.69, 9.17) is 5.11 Å². The van der Waals surface area contributed by atoms with E-state index in [0.717, 1.165) is 6.42 Å². The summed E-state index contributed by atoms with van der Waals surface area (Å²) in [5.74, 6) is 0. The van der Waals surface area contributed by atoms with Gasteiger partial charge >= 0.3 is 6.09 Å². The van der Waals surface area contributed by atoms with Gasteiger partial charge in [0.25, 0.3) is 0 Å². The fourth-order valence-electron chi connectivity index (χ4n) is 1.67. The van der Waals surface area contributed by atoms with E-state index in [0.29, 0.717) is 25.2 Å². The van der Waals surface area contributed by atoms with Crippen LogP contribution >= 0.6 is 0 Å². The van der Waals surface area contributed by atoms with Gasteiger partial charge in [0.05, 0.1) is 0 Å². The summed E-state index contributed by atoms with van der Waals surface area (Å²) in [5, 5.41) is 11.8. The molecule has 2 atom stereocenters. The number of fused-ring (bicyclic) bond motifs is 2. The van der Waals surface area contributed by atoms with Crippen LogP contribution in [0.25, 0.3) is 0 Å². The number of rotatable bonds is 0. The van der Waals surface area contributed by atoms with E-state index in [2.05, 4.69) is 5.32 Å². The lowest BCUT2D eigenvalue weighted by atomic mass is 9.92. The maximum atomic E-state index is 10.4. The SMILES string of the molecule is O=C(O)N1CC2CC(C1)N2. The highest BCUT2D eigenvalue weighted by Crippen LogP contribution is 2.20. The minimum atomic E-state index is -0.781. The topological polar surface area (TPSA) is 52.6 Å². The number of nitrogens with one attached hydrogen (secondary N) is 1. The van der Waals surface area contributed by atoms with Crippen molar-refractivity contribution >= 4 is 6.09 Å². The van der Waals surface area contributed by atoms with Crippen LogP contribution in [0.5, 0.6) is 0 Å². The third kappa shape index (κ3) is 0.759. The summed E-state index contributed by atoms with van der Waals surface area (Å²) >= 11 is 0. The summed E-state index contributed by atoms with van der Waals surface area (Å²) in [6, 6.07) is 0.879. The first-order valence-electron chi connectivity index (χ1n) is 3.49. The molecule has 0 radical (unpaired) electrons.